The highest BCUT2D eigenvalue weighted by Crippen LogP contribution is 2.32. The van der Waals surface area contributed by atoms with Crippen LogP contribution in [-0.2, 0) is 28.8 Å². The Morgan fingerprint density at radius 3 is 0.932 bits per heavy atom. The molecule has 0 saturated carbocycles. The molecule has 0 rings (SSSR count). The lowest BCUT2D eigenvalue weighted by Crippen LogP contribution is -2.61. The van der Waals surface area contributed by atoms with Gasteiger partial charge in [0.25, 0.3) is 0 Å². The Balaban J connectivity index is 4.79. The van der Waals surface area contributed by atoms with Gasteiger partial charge in [-0.15, -0.1) is 0 Å². The lowest BCUT2D eigenvalue weighted by Gasteiger charge is -2.43. The minimum absolute atomic E-state index is 0.410. The second-order valence-electron chi connectivity index (χ2n) is 17.9. The van der Waals surface area contributed by atoms with Gasteiger partial charge in [0, 0.05) is 6.04 Å². The van der Waals surface area contributed by atoms with Gasteiger partial charge in [-0.25, -0.2) is 0 Å². The molecule has 0 atom stereocenters. The molecule has 0 unspecified atom stereocenters. The van der Waals surface area contributed by atoms with Crippen molar-refractivity contribution in [3.63, 3.8) is 0 Å². The van der Waals surface area contributed by atoms with Crippen molar-refractivity contribution < 1.29 is 28.8 Å². The summed E-state index contributed by atoms with van der Waals surface area (Å²) >= 11 is 0. The summed E-state index contributed by atoms with van der Waals surface area (Å²) in [5, 5.41) is 0. The van der Waals surface area contributed by atoms with E-state index in [0.29, 0.717) is 0 Å². The summed E-state index contributed by atoms with van der Waals surface area (Å²) in [6.07, 6.45) is 0. The molecule has 0 bridgehead atoms. The predicted molar refractivity (Wildman–Crippen MR) is 227 cm³/mol. The third-order valence-corrected chi connectivity index (χ3v) is 46.1. The summed E-state index contributed by atoms with van der Waals surface area (Å²) in [6, 6.07) is 9.50. The molecule has 0 amide bonds. The highest BCUT2D eigenvalue weighted by molar-refractivity contribution is 6.91. The van der Waals surface area contributed by atoms with E-state index >= 15 is 0 Å². The molecule has 266 valence electrons. The van der Waals surface area contributed by atoms with Crippen LogP contribution < -0.4 is 0 Å². The van der Waals surface area contributed by atoms with Gasteiger partial charge in [0.05, 0.1) is 0 Å². The first kappa shape index (κ1) is 46.3. The fraction of sp³-hybridized carbons (Fsp3) is 1.00. The molecule has 0 radical (unpaired) electrons. The minimum Gasteiger partial charge on any atom is -0.463 e. The first-order valence-electron chi connectivity index (χ1n) is 17.1. The lowest BCUT2D eigenvalue weighted by molar-refractivity contribution is 0.253. The van der Waals surface area contributed by atoms with Crippen LogP contribution in [0.1, 0.15) is 0 Å². The van der Waals surface area contributed by atoms with Crippen molar-refractivity contribution in [2.75, 3.05) is 0 Å². The molecule has 0 aliphatic carbocycles. The van der Waals surface area contributed by atoms with E-state index in [1.807, 2.05) is 0 Å². The van der Waals surface area contributed by atoms with Gasteiger partial charge < -0.3 is 28.8 Å². The molecule has 0 saturated heterocycles. The topological polar surface area (TPSA) is 64.6 Å². The van der Waals surface area contributed by atoms with Crippen molar-refractivity contribution in [2.24, 2.45) is 0 Å². The number of rotatable bonds is 25. The highest BCUT2D eigenvalue weighted by atomic mass is 28.5. The Labute approximate surface area is 293 Å². The second kappa shape index (κ2) is 19.1. The Hall–Kier alpha value is 2.32. The molecule has 0 fully saturated rings. The molecule has 0 aliphatic heterocycles. The largest absolute Gasteiger partial charge is 0.469 e. The SMILES string of the molecule is C[Si](C)(C)O[Si](CC[Si](C)(C)O[SiH2]CC[Si](C)(C)O[SiH2]CC[Si](C)(C)O[SiH2]CC[Si](C)(C)O[SiH3])(O[Si](C)(C)C)O[Si](C)(C)C. The second-order valence-corrected chi connectivity index (χ2v) is 59.4. The Bertz CT molecular complexity index is 772. The Kier molecular flexibility index (Phi) is 20.1. The molecular formula is C25H76O7Si12. The van der Waals surface area contributed by atoms with Gasteiger partial charge in [-0.05, 0) is 154 Å². The fourth-order valence-electron chi connectivity index (χ4n) is 4.93. The van der Waals surface area contributed by atoms with Gasteiger partial charge >= 0.3 is 8.80 Å². The zero-order valence-corrected chi connectivity index (χ0v) is 46.9. The molecule has 0 aromatic rings. The molecule has 0 N–H and O–H groups in total. The summed E-state index contributed by atoms with van der Waals surface area (Å²) in [7, 11) is -15.3. The van der Waals surface area contributed by atoms with Crippen LogP contribution in [-0.4, -0.2) is 107 Å². The highest BCUT2D eigenvalue weighted by Gasteiger charge is 2.50. The van der Waals surface area contributed by atoms with Crippen molar-refractivity contribution >= 4 is 107 Å². The van der Waals surface area contributed by atoms with Crippen LogP contribution in [0.4, 0.5) is 0 Å². The van der Waals surface area contributed by atoms with Crippen LogP contribution in [0, 0.1) is 0 Å². The van der Waals surface area contributed by atoms with Crippen molar-refractivity contribution in [1.29, 1.82) is 0 Å². The average Bonchev–Trinajstić information content (AvgIpc) is 2.78. The zero-order valence-electron chi connectivity index (χ0n) is 32.6. The van der Waals surface area contributed by atoms with Gasteiger partial charge in [0.2, 0.25) is 0 Å². The van der Waals surface area contributed by atoms with Gasteiger partial charge in [0.1, 0.15) is 39.8 Å². The minimum atomic E-state index is -2.80. The van der Waals surface area contributed by atoms with E-state index < -0.39 is 96.3 Å². The molecule has 0 aliphatic rings. The van der Waals surface area contributed by atoms with Crippen molar-refractivity contribution in [1.82, 2.24) is 0 Å². The van der Waals surface area contributed by atoms with Crippen LogP contribution in [0.3, 0.4) is 0 Å². The molecule has 0 spiro atoms. The maximum Gasteiger partial charge on any atom is 0.469 e. The first-order chi connectivity index (χ1) is 19.5. The third kappa shape index (κ3) is 25.3. The molecule has 0 heterocycles. The van der Waals surface area contributed by atoms with Crippen molar-refractivity contribution in [3.8, 4) is 0 Å². The predicted octanol–water partition coefficient (Wildman–Crippen LogP) is 6.15. The summed E-state index contributed by atoms with van der Waals surface area (Å²) < 4.78 is 46.6. The van der Waals surface area contributed by atoms with E-state index in [-0.39, 0.29) is 0 Å². The number of hydrogen-bond donors (Lipinski definition) is 0. The molecule has 44 heavy (non-hydrogen) atoms. The maximum atomic E-state index is 6.92. The Morgan fingerprint density at radius 2 is 0.659 bits per heavy atom. The fourth-order valence-corrected chi connectivity index (χ4v) is 45.5. The van der Waals surface area contributed by atoms with E-state index in [2.05, 4.69) is 111 Å². The summed E-state index contributed by atoms with van der Waals surface area (Å²) in [5.41, 5.74) is 0. The molecule has 19 heteroatoms. The standard InChI is InChI=1S/C25H76O7Si12/c1-37(2,3)30-44(31-38(4,5)6,32-39(7,8)9)25-24-43(16,17)29-36-20-23-42(14,15)28-35-19-22-41(12,13)27-34-18-21-40(10,11)26-33/h18-25,34-36H2,1-17,33H3. The molecular weight excluding hydrogens is 749 g/mol. The van der Waals surface area contributed by atoms with Crippen molar-refractivity contribution in [2.45, 2.75) is 160 Å². The monoisotopic (exact) mass is 824 g/mol. The van der Waals surface area contributed by atoms with Crippen LogP contribution >= 0.6 is 0 Å². The lowest BCUT2D eigenvalue weighted by atomic mass is 10.9. The van der Waals surface area contributed by atoms with Crippen molar-refractivity contribution in [3.05, 3.63) is 0 Å². The van der Waals surface area contributed by atoms with Gasteiger partial charge in [-0.2, -0.15) is 0 Å². The third-order valence-electron chi connectivity index (χ3n) is 7.22. The number of hydrogen-bond acceptors (Lipinski definition) is 7. The summed E-state index contributed by atoms with van der Waals surface area (Å²) in [5.74, 6) is 0. The zero-order chi connectivity index (χ0) is 34.7. The van der Waals surface area contributed by atoms with E-state index in [1.165, 1.54) is 36.3 Å². The smallest absolute Gasteiger partial charge is 0.463 e. The molecule has 0 aromatic carbocycles. The normalized spacial score (nSPS) is 15.8. The van der Waals surface area contributed by atoms with Crippen LogP contribution in [0.5, 0.6) is 0 Å². The van der Waals surface area contributed by atoms with E-state index in [0.717, 1.165) is 22.6 Å². The van der Waals surface area contributed by atoms with Crippen LogP contribution in [0.25, 0.3) is 0 Å². The van der Waals surface area contributed by atoms with Crippen LogP contribution in [0.15, 0.2) is 0 Å². The maximum absolute atomic E-state index is 6.92. The van der Waals surface area contributed by atoms with Gasteiger partial charge in [-0.1, -0.05) is 0 Å². The molecule has 0 aromatic heterocycles. The summed E-state index contributed by atoms with van der Waals surface area (Å²) in [4.78, 5) is 0. The summed E-state index contributed by atoms with van der Waals surface area (Å²) in [6.45, 7) is 39.5. The quantitative estimate of drug-likeness (QED) is 0.0809. The average molecular weight is 826 g/mol. The van der Waals surface area contributed by atoms with E-state index in [4.69, 9.17) is 28.8 Å². The van der Waals surface area contributed by atoms with E-state index in [9.17, 15) is 0 Å². The van der Waals surface area contributed by atoms with Crippen LogP contribution in [0.2, 0.25) is 160 Å². The van der Waals surface area contributed by atoms with Gasteiger partial charge in [0.15, 0.2) is 58.2 Å². The Morgan fingerprint density at radius 1 is 0.386 bits per heavy atom. The first-order valence-corrected chi connectivity index (χ1v) is 47.2. The molecule has 7 nitrogen and oxygen atoms in total. The van der Waals surface area contributed by atoms with Gasteiger partial charge in [-0.3, -0.25) is 0 Å². The van der Waals surface area contributed by atoms with E-state index in [1.54, 1.807) is 0 Å².